The lowest BCUT2D eigenvalue weighted by Crippen LogP contribution is -2.24. The smallest absolute Gasteiger partial charge is 0.272 e. The molecule has 3 aromatic rings. The van der Waals surface area contributed by atoms with Gasteiger partial charge in [0.25, 0.3) is 5.91 Å². The van der Waals surface area contributed by atoms with Crippen LogP contribution in [0.15, 0.2) is 60.7 Å². The SMILES string of the molecule is CC(=O)c1ccc(Nc2ccc(C(=O)NCc3ccccc3F)nn2)cc1. The summed E-state index contributed by atoms with van der Waals surface area (Å²) in [4.78, 5) is 23.4. The minimum Gasteiger partial charge on any atom is -0.346 e. The quantitative estimate of drug-likeness (QED) is 0.654. The van der Waals surface area contributed by atoms with E-state index in [1.54, 1.807) is 48.5 Å². The molecule has 136 valence electrons. The Hall–Kier alpha value is -3.61. The van der Waals surface area contributed by atoms with Crippen LogP contribution in [0.25, 0.3) is 0 Å². The number of halogens is 1. The lowest BCUT2D eigenvalue weighted by Gasteiger charge is -2.07. The van der Waals surface area contributed by atoms with Crippen LogP contribution in [0.1, 0.15) is 33.3 Å². The van der Waals surface area contributed by atoms with Gasteiger partial charge in [-0.1, -0.05) is 18.2 Å². The van der Waals surface area contributed by atoms with Gasteiger partial charge in [-0.15, -0.1) is 10.2 Å². The van der Waals surface area contributed by atoms with Crippen LogP contribution in [0.5, 0.6) is 0 Å². The summed E-state index contributed by atoms with van der Waals surface area (Å²) < 4.78 is 13.6. The molecule has 0 spiro atoms. The van der Waals surface area contributed by atoms with Crippen molar-refractivity contribution in [3.05, 3.63) is 83.3 Å². The summed E-state index contributed by atoms with van der Waals surface area (Å²) in [6.07, 6.45) is 0. The molecule has 0 aliphatic rings. The van der Waals surface area contributed by atoms with Crippen molar-refractivity contribution in [2.24, 2.45) is 0 Å². The number of hydrogen-bond donors (Lipinski definition) is 2. The molecule has 1 amide bonds. The van der Waals surface area contributed by atoms with Crippen molar-refractivity contribution in [1.82, 2.24) is 15.5 Å². The third kappa shape index (κ3) is 4.72. The number of ketones is 1. The average molecular weight is 364 g/mol. The van der Waals surface area contributed by atoms with E-state index < -0.39 is 5.91 Å². The molecule has 0 bridgehead atoms. The van der Waals surface area contributed by atoms with Gasteiger partial charge in [-0.3, -0.25) is 9.59 Å². The molecule has 1 heterocycles. The molecule has 27 heavy (non-hydrogen) atoms. The monoisotopic (exact) mass is 364 g/mol. The van der Waals surface area contributed by atoms with Crippen LogP contribution in [0.2, 0.25) is 0 Å². The van der Waals surface area contributed by atoms with E-state index in [-0.39, 0.29) is 23.8 Å². The van der Waals surface area contributed by atoms with Crippen molar-refractivity contribution >= 4 is 23.2 Å². The van der Waals surface area contributed by atoms with Gasteiger partial charge >= 0.3 is 0 Å². The Morgan fingerprint density at radius 3 is 2.33 bits per heavy atom. The number of hydrogen-bond acceptors (Lipinski definition) is 5. The Morgan fingerprint density at radius 2 is 1.70 bits per heavy atom. The molecule has 0 aliphatic carbocycles. The largest absolute Gasteiger partial charge is 0.346 e. The fourth-order valence-corrected chi connectivity index (χ4v) is 2.36. The number of anilines is 2. The molecular formula is C20H17FN4O2. The Labute approximate surface area is 155 Å². The number of Topliss-reactive ketones (excluding diaryl/α,β-unsaturated/α-hetero) is 1. The molecule has 6 nitrogen and oxygen atoms in total. The summed E-state index contributed by atoms with van der Waals surface area (Å²) in [7, 11) is 0. The van der Waals surface area contributed by atoms with Crippen molar-refractivity contribution in [3.8, 4) is 0 Å². The maximum atomic E-state index is 13.6. The first kappa shape index (κ1) is 18.2. The molecule has 0 fully saturated rings. The maximum absolute atomic E-state index is 13.6. The van der Waals surface area contributed by atoms with Crippen LogP contribution in [0.3, 0.4) is 0 Å². The van der Waals surface area contributed by atoms with E-state index in [1.165, 1.54) is 19.1 Å². The van der Waals surface area contributed by atoms with Crippen LogP contribution in [-0.2, 0) is 6.54 Å². The zero-order chi connectivity index (χ0) is 19.2. The molecule has 7 heteroatoms. The predicted molar refractivity (Wildman–Crippen MR) is 99.3 cm³/mol. The number of nitrogens with zero attached hydrogens (tertiary/aromatic N) is 2. The number of rotatable bonds is 6. The highest BCUT2D eigenvalue weighted by Gasteiger charge is 2.09. The molecule has 3 rings (SSSR count). The number of benzene rings is 2. The Morgan fingerprint density at radius 1 is 0.963 bits per heavy atom. The van der Waals surface area contributed by atoms with Gasteiger partial charge in [-0.2, -0.15) is 0 Å². The minimum absolute atomic E-state index is 0.00732. The Balaban J connectivity index is 1.60. The van der Waals surface area contributed by atoms with E-state index in [2.05, 4.69) is 20.8 Å². The molecule has 1 aromatic heterocycles. The minimum atomic E-state index is -0.442. The van der Waals surface area contributed by atoms with Gasteiger partial charge in [0.05, 0.1) is 0 Å². The molecular weight excluding hydrogens is 347 g/mol. The second-order valence-corrected chi connectivity index (χ2v) is 5.84. The zero-order valence-electron chi connectivity index (χ0n) is 14.6. The molecule has 0 saturated carbocycles. The van der Waals surface area contributed by atoms with Gasteiger partial charge < -0.3 is 10.6 Å². The van der Waals surface area contributed by atoms with Gasteiger partial charge in [0, 0.05) is 23.4 Å². The molecule has 0 radical (unpaired) electrons. The first-order chi connectivity index (χ1) is 13.0. The molecule has 0 saturated heterocycles. The average Bonchev–Trinajstić information content (AvgIpc) is 2.68. The second kappa shape index (κ2) is 8.18. The van der Waals surface area contributed by atoms with E-state index in [1.807, 2.05) is 0 Å². The topological polar surface area (TPSA) is 84.0 Å². The third-order valence-electron chi connectivity index (χ3n) is 3.86. The Bertz CT molecular complexity index is 956. The van der Waals surface area contributed by atoms with Gasteiger partial charge in [0.2, 0.25) is 0 Å². The summed E-state index contributed by atoms with van der Waals surface area (Å²) in [6.45, 7) is 1.57. The van der Waals surface area contributed by atoms with Gasteiger partial charge in [-0.25, -0.2) is 4.39 Å². The highest BCUT2D eigenvalue weighted by molar-refractivity contribution is 5.94. The van der Waals surface area contributed by atoms with Crippen molar-refractivity contribution < 1.29 is 14.0 Å². The van der Waals surface area contributed by atoms with Crippen LogP contribution < -0.4 is 10.6 Å². The summed E-state index contributed by atoms with van der Waals surface area (Å²) in [6, 6.07) is 16.3. The summed E-state index contributed by atoms with van der Waals surface area (Å²) >= 11 is 0. The molecule has 0 unspecified atom stereocenters. The van der Waals surface area contributed by atoms with Crippen molar-refractivity contribution in [2.75, 3.05) is 5.32 Å². The van der Waals surface area contributed by atoms with E-state index in [4.69, 9.17) is 0 Å². The van der Waals surface area contributed by atoms with E-state index >= 15 is 0 Å². The first-order valence-corrected chi connectivity index (χ1v) is 8.26. The van der Waals surface area contributed by atoms with E-state index in [0.717, 1.165) is 5.69 Å². The number of carbonyl (C=O) groups is 2. The number of carbonyl (C=O) groups excluding carboxylic acids is 2. The molecule has 0 atom stereocenters. The third-order valence-corrected chi connectivity index (χ3v) is 3.86. The first-order valence-electron chi connectivity index (χ1n) is 8.26. The summed E-state index contributed by atoms with van der Waals surface area (Å²) in [5.41, 5.74) is 1.88. The molecule has 2 aromatic carbocycles. The van der Waals surface area contributed by atoms with Crippen LogP contribution in [-0.4, -0.2) is 21.9 Å². The van der Waals surface area contributed by atoms with Gasteiger partial charge in [0.15, 0.2) is 17.3 Å². The lowest BCUT2D eigenvalue weighted by atomic mass is 10.1. The fraction of sp³-hybridized carbons (Fsp3) is 0.100. The van der Waals surface area contributed by atoms with Crippen molar-refractivity contribution in [3.63, 3.8) is 0 Å². The second-order valence-electron chi connectivity index (χ2n) is 5.84. The van der Waals surface area contributed by atoms with Crippen molar-refractivity contribution in [2.45, 2.75) is 13.5 Å². The number of amides is 1. The van der Waals surface area contributed by atoms with Crippen molar-refractivity contribution in [1.29, 1.82) is 0 Å². The van der Waals surface area contributed by atoms with Crippen LogP contribution >= 0.6 is 0 Å². The van der Waals surface area contributed by atoms with E-state index in [9.17, 15) is 14.0 Å². The van der Waals surface area contributed by atoms with Gasteiger partial charge in [-0.05, 0) is 49.4 Å². The van der Waals surface area contributed by atoms with Crippen LogP contribution in [0.4, 0.5) is 15.9 Å². The predicted octanol–water partition coefficient (Wildman–Crippen LogP) is 3.49. The number of nitrogens with one attached hydrogen (secondary N) is 2. The summed E-state index contributed by atoms with van der Waals surface area (Å²) in [5, 5.41) is 13.5. The highest BCUT2D eigenvalue weighted by Crippen LogP contribution is 2.15. The highest BCUT2D eigenvalue weighted by atomic mass is 19.1. The van der Waals surface area contributed by atoms with Crippen LogP contribution in [0, 0.1) is 5.82 Å². The normalized spacial score (nSPS) is 10.3. The fourth-order valence-electron chi connectivity index (χ4n) is 2.36. The molecule has 2 N–H and O–H groups in total. The maximum Gasteiger partial charge on any atom is 0.272 e. The Kier molecular flexibility index (Phi) is 5.51. The number of aromatic nitrogens is 2. The molecule has 0 aliphatic heterocycles. The lowest BCUT2D eigenvalue weighted by molar-refractivity contribution is 0.0943. The summed E-state index contributed by atoms with van der Waals surface area (Å²) in [5.74, 6) is -0.370. The standard InChI is InChI=1S/C20H17FN4O2/c1-13(26)14-6-8-16(9-7-14)23-19-11-10-18(24-25-19)20(27)22-12-15-4-2-3-5-17(15)21/h2-11H,12H2,1H3,(H,22,27)(H,23,25). The van der Waals surface area contributed by atoms with E-state index in [0.29, 0.717) is 16.9 Å². The van der Waals surface area contributed by atoms with Gasteiger partial charge in [0.1, 0.15) is 5.82 Å². The zero-order valence-corrected chi connectivity index (χ0v) is 14.6.